The summed E-state index contributed by atoms with van der Waals surface area (Å²) in [6, 6.07) is 12.2. The van der Waals surface area contributed by atoms with Gasteiger partial charge in [0.1, 0.15) is 6.61 Å². The molecule has 2 rings (SSSR count). The predicted molar refractivity (Wildman–Crippen MR) is 85.1 cm³/mol. The van der Waals surface area contributed by atoms with Gasteiger partial charge in [0.25, 0.3) is 11.8 Å². The van der Waals surface area contributed by atoms with Crippen LogP contribution in [0.25, 0.3) is 0 Å². The lowest BCUT2D eigenvalue weighted by Gasteiger charge is -2.10. The van der Waals surface area contributed by atoms with Crippen molar-refractivity contribution in [3.8, 4) is 0 Å². The molecular weight excluding hydrogens is 337 g/mol. The number of hydrogen-bond acceptors (Lipinski definition) is 3. The Balaban J connectivity index is 2.00. The lowest BCUT2D eigenvalue weighted by atomic mass is 10.1. The molecule has 0 aliphatic carbocycles. The normalized spacial score (nSPS) is 11.2. The minimum atomic E-state index is -4.38. The van der Waals surface area contributed by atoms with Crippen LogP contribution in [0.4, 0.5) is 18.9 Å². The Labute approximate surface area is 141 Å². The summed E-state index contributed by atoms with van der Waals surface area (Å²) in [4.78, 5) is 23.5. The highest BCUT2D eigenvalue weighted by molar-refractivity contribution is 6.08. The number of hydrogen-bond donors (Lipinski definition) is 2. The Bertz CT molecular complexity index is 758. The summed E-state index contributed by atoms with van der Waals surface area (Å²) < 4.78 is 40.6. The topological polar surface area (TPSA) is 81.4 Å². The molecule has 0 unspecified atom stereocenters. The Kier molecular flexibility index (Phi) is 5.76. The fourth-order valence-electron chi connectivity index (χ4n) is 2.04. The zero-order valence-electron chi connectivity index (χ0n) is 13.0. The molecule has 3 N–H and O–H groups in total. The molecule has 0 spiro atoms. The highest BCUT2D eigenvalue weighted by Crippen LogP contribution is 2.17. The van der Waals surface area contributed by atoms with Crippen molar-refractivity contribution < 1.29 is 27.5 Å². The van der Waals surface area contributed by atoms with Crippen LogP contribution in [0.2, 0.25) is 0 Å². The number of alkyl halides is 3. The number of anilines is 1. The summed E-state index contributed by atoms with van der Waals surface area (Å²) in [5.41, 5.74) is 6.47. The third-order valence-corrected chi connectivity index (χ3v) is 3.19. The maximum Gasteiger partial charge on any atom is 0.411 e. The third kappa shape index (κ3) is 5.61. The second-order valence-electron chi connectivity index (χ2n) is 5.17. The molecule has 0 saturated heterocycles. The number of carbonyl (C=O) groups is 2. The first-order valence-electron chi connectivity index (χ1n) is 7.20. The van der Waals surface area contributed by atoms with Gasteiger partial charge >= 0.3 is 6.18 Å². The van der Waals surface area contributed by atoms with E-state index in [1.165, 1.54) is 36.4 Å². The smallest absolute Gasteiger partial charge is 0.367 e. The molecule has 2 aromatic carbocycles. The highest BCUT2D eigenvalue weighted by Gasteiger charge is 2.27. The van der Waals surface area contributed by atoms with Crippen LogP contribution in [0, 0.1) is 0 Å². The molecule has 0 aliphatic heterocycles. The van der Waals surface area contributed by atoms with Gasteiger partial charge < -0.3 is 15.8 Å². The van der Waals surface area contributed by atoms with E-state index in [0.29, 0.717) is 5.56 Å². The number of benzene rings is 2. The molecule has 0 heterocycles. The fourth-order valence-corrected chi connectivity index (χ4v) is 2.04. The van der Waals surface area contributed by atoms with Crippen molar-refractivity contribution in [3.05, 3.63) is 65.2 Å². The van der Waals surface area contributed by atoms with Crippen molar-refractivity contribution in [1.29, 1.82) is 0 Å². The number of carbonyl (C=O) groups excluding carboxylic acids is 2. The van der Waals surface area contributed by atoms with Gasteiger partial charge in [0.15, 0.2) is 0 Å². The Morgan fingerprint density at radius 2 is 1.68 bits per heavy atom. The van der Waals surface area contributed by atoms with E-state index >= 15 is 0 Å². The number of nitrogens with two attached hydrogens (primary N) is 1. The zero-order chi connectivity index (χ0) is 18.4. The van der Waals surface area contributed by atoms with Crippen molar-refractivity contribution in [2.24, 2.45) is 5.73 Å². The molecule has 8 heteroatoms. The van der Waals surface area contributed by atoms with E-state index in [-0.39, 0.29) is 23.4 Å². The standard InChI is InChI=1S/C17H15F3N2O3/c18-17(19,20)10-25-9-11-5-7-12(8-6-11)16(24)22-14-4-2-1-3-13(14)15(21)23/h1-8H,9-10H2,(H2,21,23)(H,22,24). The second-order valence-corrected chi connectivity index (χ2v) is 5.17. The monoisotopic (exact) mass is 352 g/mol. The maximum absolute atomic E-state index is 12.2. The molecule has 0 atom stereocenters. The van der Waals surface area contributed by atoms with Crippen molar-refractivity contribution in [2.45, 2.75) is 12.8 Å². The van der Waals surface area contributed by atoms with Crippen molar-refractivity contribution in [1.82, 2.24) is 0 Å². The minimum Gasteiger partial charge on any atom is -0.367 e. The van der Waals surface area contributed by atoms with Gasteiger partial charge in [-0.25, -0.2) is 0 Å². The SMILES string of the molecule is NC(=O)c1ccccc1NC(=O)c1ccc(COCC(F)(F)F)cc1. The fraction of sp³-hybridized carbons (Fsp3) is 0.176. The van der Waals surface area contributed by atoms with E-state index in [1.807, 2.05) is 0 Å². The van der Waals surface area contributed by atoms with E-state index in [2.05, 4.69) is 10.1 Å². The first-order valence-corrected chi connectivity index (χ1v) is 7.20. The quantitative estimate of drug-likeness (QED) is 0.838. The molecular formula is C17H15F3N2O3. The number of nitrogens with one attached hydrogen (secondary N) is 1. The minimum absolute atomic E-state index is 0.174. The molecule has 5 nitrogen and oxygen atoms in total. The van der Waals surface area contributed by atoms with Crippen molar-refractivity contribution in [2.75, 3.05) is 11.9 Å². The van der Waals surface area contributed by atoms with Crippen molar-refractivity contribution >= 4 is 17.5 Å². The molecule has 25 heavy (non-hydrogen) atoms. The Morgan fingerprint density at radius 1 is 1.04 bits per heavy atom. The summed E-state index contributed by atoms with van der Waals surface area (Å²) in [5, 5.41) is 2.57. The van der Waals surface area contributed by atoms with Gasteiger partial charge in [-0.1, -0.05) is 24.3 Å². The Hall–Kier alpha value is -2.87. The molecule has 0 radical (unpaired) electrons. The highest BCUT2D eigenvalue weighted by atomic mass is 19.4. The number of primary amides is 1. The summed E-state index contributed by atoms with van der Waals surface area (Å²) in [6.45, 7) is -1.55. The van der Waals surface area contributed by atoms with Crippen LogP contribution < -0.4 is 11.1 Å². The van der Waals surface area contributed by atoms with Crippen LogP contribution in [0.5, 0.6) is 0 Å². The van der Waals surface area contributed by atoms with Crippen LogP contribution in [0.3, 0.4) is 0 Å². The van der Waals surface area contributed by atoms with Gasteiger partial charge in [-0.15, -0.1) is 0 Å². The molecule has 2 amide bonds. The first kappa shape index (κ1) is 18.5. The molecule has 0 bridgehead atoms. The molecule has 0 saturated carbocycles. The van der Waals surface area contributed by atoms with Gasteiger partial charge in [-0.05, 0) is 29.8 Å². The third-order valence-electron chi connectivity index (χ3n) is 3.19. The molecule has 0 aromatic heterocycles. The van der Waals surface area contributed by atoms with Crippen LogP contribution in [-0.4, -0.2) is 24.6 Å². The summed E-state index contributed by atoms with van der Waals surface area (Å²) >= 11 is 0. The second kappa shape index (κ2) is 7.80. The average molecular weight is 352 g/mol. The maximum atomic E-state index is 12.2. The largest absolute Gasteiger partial charge is 0.411 e. The number of rotatable bonds is 6. The van der Waals surface area contributed by atoms with Gasteiger partial charge in [0, 0.05) is 5.56 Å². The molecule has 0 fully saturated rings. The number of amides is 2. The van der Waals surface area contributed by atoms with E-state index < -0.39 is 24.6 Å². The zero-order valence-corrected chi connectivity index (χ0v) is 13.0. The van der Waals surface area contributed by atoms with Gasteiger partial charge in [-0.3, -0.25) is 9.59 Å². The molecule has 0 aliphatic rings. The van der Waals surface area contributed by atoms with Crippen LogP contribution in [0.15, 0.2) is 48.5 Å². The number of halogens is 3. The Morgan fingerprint density at radius 3 is 2.28 bits per heavy atom. The van der Waals surface area contributed by atoms with Crippen molar-refractivity contribution in [3.63, 3.8) is 0 Å². The lowest BCUT2D eigenvalue weighted by Crippen LogP contribution is -2.18. The van der Waals surface area contributed by atoms with Crippen LogP contribution >= 0.6 is 0 Å². The van der Waals surface area contributed by atoms with E-state index in [0.717, 1.165) is 0 Å². The molecule has 2 aromatic rings. The lowest BCUT2D eigenvalue weighted by molar-refractivity contribution is -0.176. The average Bonchev–Trinajstić information content (AvgIpc) is 2.54. The summed E-state index contributed by atoms with van der Waals surface area (Å²) in [5.74, 6) is -1.15. The van der Waals surface area contributed by atoms with Crippen LogP contribution in [0.1, 0.15) is 26.3 Å². The van der Waals surface area contributed by atoms with E-state index in [9.17, 15) is 22.8 Å². The summed E-state index contributed by atoms with van der Waals surface area (Å²) in [7, 11) is 0. The summed E-state index contributed by atoms with van der Waals surface area (Å²) in [6.07, 6.45) is -4.38. The number of para-hydroxylation sites is 1. The van der Waals surface area contributed by atoms with Crippen LogP contribution in [-0.2, 0) is 11.3 Å². The molecule has 132 valence electrons. The first-order chi connectivity index (χ1) is 11.8. The predicted octanol–water partition coefficient (Wildman–Crippen LogP) is 3.12. The van der Waals surface area contributed by atoms with E-state index in [4.69, 9.17) is 5.73 Å². The van der Waals surface area contributed by atoms with Gasteiger partial charge in [0.2, 0.25) is 0 Å². The number of ether oxygens (including phenoxy) is 1. The van der Waals surface area contributed by atoms with Gasteiger partial charge in [-0.2, -0.15) is 13.2 Å². The van der Waals surface area contributed by atoms with E-state index in [1.54, 1.807) is 12.1 Å². The van der Waals surface area contributed by atoms with Gasteiger partial charge in [0.05, 0.1) is 17.9 Å².